The summed E-state index contributed by atoms with van der Waals surface area (Å²) in [6, 6.07) is 12.5. The maximum Gasteiger partial charge on any atom is 0.327 e. The van der Waals surface area contributed by atoms with Crippen LogP contribution in [-0.2, 0) is 11.3 Å². The van der Waals surface area contributed by atoms with E-state index in [1.165, 1.54) is 18.0 Å². The molecule has 3 aromatic rings. The Morgan fingerprint density at radius 3 is 2.83 bits per heavy atom. The van der Waals surface area contributed by atoms with Crippen molar-refractivity contribution >= 4 is 46.6 Å². The Hall–Kier alpha value is -3.21. The Labute approximate surface area is 179 Å². The van der Waals surface area contributed by atoms with Crippen LogP contribution in [0.1, 0.15) is 25.6 Å². The Balaban J connectivity index is 1.44. The Bertz CT molecular complexity index is 1150. The summed E-state index contributed by atoms with van der Waals surface area (Å²) < 4.78 is 4.93. The van der Waals surface area contributed by atoms with Crippen LogP contribution in [0, 0.1) is 0 Å². The third-order valence-electron chi connectivity index (χ3n) is 4.16. The zero-order chi connectivity index (χ0) is 21.1. The molecule has 4 rings (SSSR count). The van der Waals surface area contributed by atoms with Crippen LogP contribution in [0.25, 0.3) is 0 Å². The van der Waals surface area contributed by atoms with Gasteiger partial charge in [-0.25, -0.2) is 4.98 Å². The fourth-order valence-corrected chi connectivity index (χ4v) is 4.46. The van der Waals surface area contributed by atoms with E-state index in [-0.39, 0.29) is 30.1 Å². The highest BCUT2D eigenvalue weighted by Crippen LogP contribution is 2.39. The third kappa shape index (κ3) is 4.35. The number of thiazole rings is 1. The Kier molecular flexibility index (Phi) is 5.79. The first-order chi connectivity index (χ1) is 14.5. The number of nitrogens with zero attached hydrogens (tertiary/aromatic N) is 1. The number of nitrogens with two attached hydrogens (primary N) is 1. The summed E-state index contributed by atoms with van der Waals surface area (Å²) in [5.74, 6) is -1.08. The number of carbonyl (C=O) groups excluding carboxylic acids is 3. The predicted octanol–water partition coefficient (Wildman–Crippen LogP) is 2.65. The number of anilines is 1. The normalized spacial score (nSPS) is 12.2. The van der Waals surface area contributed by atoms with Gasteiger partial charge in [0.2, 0.25) is 0 Å². The summed E-state index contributed by atoms with van der Waals surface area (Å²) in [6.45, 7) is -0.00973. The number of hydrogen-bond donors (Lipinski definition) is 3. The van der Waals surface area contributed by atoms with Crippen LogP contribution in [0.15, 0.2) is 58.5 Å². The summed E-state index contributed by atoms with van der Waals surface area (Å²) in [4.78, 5) is 42.7. The molecule has 0 saturated carbocycles. The minimum absolute atomic E-state index is 0.180. The average molecular weight is 441 g/mol. The van der Waals surface area contributed by atoms with Gasteiger partial charge >= 0.3 is 5.97 Å². The van der Waals surface area contributed by atoms with E-state index >= 15 is 0 Å². The summed E-state index contributed by atoms with van der Waals surface area (Å²) in [6.07, 6.45) is 1.52. The van der Waals surface area contributed by atoms with Gasteiger partial charge in [0.1, 0.15) is 0 Å². The minimum atomic E-state index is -0.577. The third-order valence-corrected chi connectivity index (χ3v) is 6.19. The molecule has 10 heteroatoms. The molecule has 152 valence electrons. The molecular formula is C20H16N4O4S2. The Morgan fingerprint density at radius 1 is 1.17 bits per heavy atom. The van der Waals surface area contributed by atoms with Gasteiger partial charge in [-0.2, -0.15) is 0 Å². The number of amides is 2. The topological polar surface area (TPSA) is 123 Å². The van der Waals surface area contributed by atoms with E-state index in [0.717, 1.165) is 26.0 Å². The number of hydrogen-bond acceptors (Lipinski definition) is 8. The molecule has 0 saturated heterocycles. The highest BCUT2D eigenvalue weighted by molar-refractivity contribution is 7.99. The standard InChI is InChI=1S/C20H16N4O4S2/c21-8-17(25)28-20-23-10-12(29-20)9-22-18(26)11-5-6-16-14(7-11)24-19(27)13-3-1-2-4-15(13)30-16/h1-7,10H,8-9,21H2,(H,22,26)(H,24,27). The number of ether oxygens (including phenoxy) is 1. The van der Waals surface area contributed by atoms with E-state index in [2.05, 4.69) is 15.6 Å². The smallest absolute Gasteiger partial charge is 0.327 e. The van der Waals surface area contributed by atoms with Gasteiger partial charge in [0.25, 0.3) is 17.0 Å². The molecule has 0 atom stereocenters. The molecule has 4 N–H and O–H groups in total. The molecule has 1 aromatic heterocycles. The van der Waals surface area contributed by atoms with Crippen molar-refractivity contribution in [2.45, 2.75) is 16.3 Å². The van der Waals surface area contributed by atoms with Gasteiger partial charge in [-0.3, -0.25) is 14.4 Å². The van der Waals surface area contributed by atoms with E-state index in [1.54, 1.807) is 18.2 Å². The Morgan fingerprint density at radius 2 is 2.00 bits per heavy atom. The van der Waals surface area contributed by atoms with Crippen LogP contribution in [0.3, 0.4) is 0 Å². The molecule has 2 aromatic carbocycles. The van der Waals surface area contributed by atoms with Gasteiger partial charge in [0, 0.05) is 26.4 Å². The molecule has 0 aliphatic carbocycles. The van der Waals surface area contributed by atoms with Crippen LogP contribution >= 0.6 is 23.1 Å². The highest BCUT2D eigenvalue weighted by Gasteiger charge is 2.20. The summed E-state index contributed by atoms with van der Waals surface area (Å²) >= 11 is 2.62. The van der Waals surface area contributed by atoms with Gasteiger partial charge in [-0.15, -0.1) is 0 Å². The van der Waals surface area contributed by atoms with Crippen molar-refractivity contribution in [2.75, 3.05) is 11.9 Å². The molecule has 2 amide bonds. The van der Waals surface area contributed by atoms with Gasteiger partial charge < -0.3 is 21.1 Å². The molecule has 0 radical (unpaired) electrons. The zero-order valence-corrected chi connectivity index (χ0v) is 17.1. The monoisotopic (exact) mass is 440 g/mol. The number of rotatable bonds is 5. The number of benzene rings is 2. The molecular weight excluding hydrogens is 424 g/mol. The summed E-state index contributed by atoms with van der Waals surface area (Å²) in [7, 11) is 0. The average Bonchev–Trinajstić information content (AvgIpc) is 3.14. The lowest BCUT2D eigenvalue weighted by atomic mass is 10.1. The van der Waals surface area contributed by atoms with Crippen LogP contribution < -0.4 is 21.1 Å². The maximum atomic E-state index is 12.6. The molecule has 0 spiro atoms. The van der Waals surface area contributed by atoms with Gasteiger partial charge in [-0.1, -0.05) is 35.2 Å². The van der Waals surface area contributed by atoms with Crippen molar-refractivity contribution < 1.29 is 19.1 Å². The van der Waals surface area contributed by atoms with E-state index in [0.29, 0.717) is 16.8 Å². The molecule has 1 aliphatic heterocycles. The van der Waals surface area contributed by atoms with Gasteiger partial charge in [0.15, 0.2) is 0 Å². The van der Waals surface area contributed by atoms with Crippen LogP contribution in [0.2, 0.25) is 0 Å². The number of nitrogens with one attached hydrogen (secondary N) is 2. The van der Waals surface area contributed by atoms with E-state index in [4.69, 9.17) is 10.5 Å². The second-order valence-electron chi connectivity index (χ2n) is 6.22. The highest BCUT2D eigenvalue weighted by atomic mass is 32.2. The molecule has 0 bridgehead atoms. The number of aromatic nitrogens is 1. The first-order valence-corrected chi connectivity index (χ1v) is 10.5. The van der Waals surface area contributed by atoms with Crippen molar-refractivity contribution in [3.8, 4) is 5.19 Å². The molecule has 0 fully saturated rings. The van der Waals surface area contributed by atoms with Gasteiger partial charge in [0.05, 0.1) is 24.3 Å². The maximum absolute atomic E-state index is 12.6. The second kappa shape index (κ2) is 8.66. The molecule has 2 heterocycles. The fraction of sp³-hybridized carbons (Fsp3) is 0.100. The molecule has 30 heavy (non-hydrogen) atoms. The van der Waals surface area contributed by atoms with Crippen molar-refractivity contribution in [1.29, 1.82) is 0 Å². The number of fused-ring (bicyclic) bond motifs is 2. The van der Waals surface area contributed by atoms with Crippen molar-refractivity contribution in [3.63, 3.8) is 0 Å². The van der Waals surface area contributed by atoms with Crippen LogP contribution in [0.5, 0.6) is 5.19 Å². The first kappa shape index (κ1) is 20.1. The van der Waals surface area contributed by atoms with Crippen LogP contribution in [0.4, 0.5) is 5.69 Å². The van der Waals surface area contributed by atoms with Gasteiger partial charge in [-0.05, 0) is 30.3 Å². The second-order valence-corrected chi connectivity index (χ2v) is 8.38. The quantitative estimate of drug-likeness (QED) is 0.521. The summed E-state index contributed by atoms with van der Waals surface area (Å²) in [5.41, 5.74) is 6.80. The van der Waals surface area contributed by atoms with Crippen molar-refractivity contribution in [1.82, 2.24) is 10.3 Å². The predicted molar refractivity (Wildman–Crippen MR) is 113 cm³/mol. The van der Waals surface area contributed by atoms with Crippen LogP contribution in [-0.4, -0.2) is 29.3 Å². The lowest BCUT2D eigenvalue weighted by molar-refractivity contribution is -0.132. The van der Waals surface area contributed by atoms with E-state index in [9.17, 15) is 14.4 Å². The van der Waals surface area contributed by atoms with Crippen molar-refractivity contribution in [3.05, 3.63) is 64.7 Å². The molecule has 1 aliphatic rings. The SMILES string of the molecule is NCC(=O)Oc1ncc(CNC(=O)c2ccc3c(c2)NC(=O)c2ccccc2S3)s1. The lowest BCUT2D eigenvalue weighted by Crippen LogP contribution is -2.22. The number of esters is 1. The van der Waals surface area contributed by atoms with E-state index < -0.39 is 5.97 Å². The fourth-order valence-electron chi connectivity index (χ4n) is 2.74. The lowest BCUT2D eigenvalue weighted by Gasteiger charge is -2.09. The van der Waals surface area contributed by atoms with E-state index in [1.807, 2.05) is 24.3 Å². The largest absolute Gasteiger partial charge is 0.397 e. The first-order valence-electron chi connectivity index (χ1n) is 8.89. The number of carbonyl (C=O) groups is 3. The molecule has 0 unspecified atom stereocenters. The van der Waals surface area contributed by atoms with Crippen molar-refractivity contribution in [2.24, 2.45) is 5.73 Å². The minimum Gasteiger partial charge on any atom is -0.397 e. The zero-order valence-electron chi connectivity index (χ0n) is 15.5. The summed E-state index contributed by atoms with van der Waals surface area (Å²) in [5, 5.41) is 5.84. The molecule has 8 nitrogen and oxygen atoms in total.